The van der Waals surface area contributed by atoms with Gasteiger partial charge in [0.05, 0.1) is 29.5 Å². The molecule has 2 atom stereocenters. The van der Waals surface area contributed by atoms with Crippen molar-refractivity contribution >= 4 is 22.4 Å². The molecular formula is C23H26N6O3. The molecule has 5 heterocycles. The van der Waals surface area contributed by atoms with E-state index >= 15 is 0 Å². The summed E-state index contributed by atoms with van der Waals surface area (Å²) in [7, 11) is 0. The summed E-state index contributed by atoms with van der Waals surface area (Å²) in [5.41, 5.74) is 9.04. The smallest absolute Gasteiger partial charge is 0.232 e. The minimum Gasteiger partial charge on any atom is -0.473 e. The Morgan fingerprint density at radius 3 is 2.69 bits per heavy atom. The van der Waals surface area contributed by atoms with E-state index in [0.29, 0.717) is 17.4 Å². The average Bonchev–Trinajstić information content (AvgIpc) is 3.35. The molecule has 0 spiro atoms. The quantitative estimate of drug-likeness (QED) is 0.523. The van der Waals surface area contributed by atoms with Gasteiger partial charge in [-0.25, -0.2) is 14.5 Å². The molecule has 9 nitrogen and oxygen atoms in total. The molecule has 2 aliphatic rings. The fourth-order valence-corrected chi connectivity index (χ4v) is 4.66. The number of anilines is 1. The minimum atomic E-state index is 0.123. The SMILES string of the molecule is C[C@@H]1CN(c2ccnc3oc(-c4cnc5ccc(OC6CC(N)C6)nn45)cc23)C[C@H](C)O1. The number of hydrogen-bond acceptors (Lipinski definition) is 8. The number of pyridine rings is 1. The van der Waals surface area contributed by atoms with Crippen molar-refractivity contribution in [3.8, 4) is 17.3 Å². The Balaban J connectivity index is 1.37. The van der Waals surface area contributed by atoms with Crippen molar-refractivity contribution in [3.63, 3.8) is 0 Å². The standard InChI is InChI=1S/C23H26N6O3/c1-13-11-28(12-14(2)30-13)18-5-6-25-23-17(18)9-20(32-23)19-10-26-21-3-4-22(27-29(19)21)31-16-7-15(24)8-16/h3-6,9-10,13-16H,7-8,11-12,24H2,1-2H3/t13-,14+,15?,16?. The molecule has 1 saturated carbocycles. The number of ether oxygens (including phenoxy) is 2. The van der Waals surface area contributed by atoms with Crippen molar-refractivity contribution in [3.05, 3.63) is 36.7 Å². The Labute approximate surface area is 185 Å². The number of rotatable bonds is 4. The molecule has 9 heteroatoms. The molecule has 0 bridgehead atoms. The Morgan fingerprint density at radius 2 is 1.91 bits per heavy atom. The van der Waals surface area contributed by atoms with Gasteiger partial charge in [0, 0.05) is 31.4 Å². The molecule has 2 N–H and O–H groups in total. The summed E-state index contributed by atoms with van der Waals surface area (Å²) in [5.74, 6) is 1.22. The summed E-state index contributed by atoms with van der Waals surface area (Å²) in [5, 5.41) is 5.61. The fraction of sp³-hybridized carbons (Fsp3) is 0.435. The molecule has 0 aromatic carbocycles. The summed E-state index contributed by atoms with van der Waals surface area (Å²) >= 11 is 0. The Kier molecular flexibility index (Phi) is 4.55. The number of aromatic nitrogens is 4. The average molecular weight is 435 g/mol. The van der Waals surface area contributed by atoms with Crippen molar-refractivity contribution < 1.29 is 13.9 Å². The van der Waals surface area contributed by atoms with E-state index in [1.165, 1.54) is 0 Å². The third kappa shape index (κ3) is 3.37. The van der Waals surface area contributed by atoms with Gasteiger partial charge in [-0.1, -0.05) is 0 Å². The van der Waals surface area contributed by atoms with E-state index in [-0.39, 0.29) is 24.4 Å². The zero-order valence-electron chi connectivity index (χ0n) is 18.1. The number of imidazole rings is 1. The van der Waals surface area contributed by atoms with E-state index < -0.39 is 0 Å². The molecule has 166 valence electrons. The molecule has 0 amide bonds. The molecule has 4 aromatic heterocycles. The van der Waals surface area contributed by atoms with Crippen molar-refractivity contribution in [1.82, 2.24) is 19.6 Å². The molecule has 4 aromatic rings. The van der Waals surface area contributed by atoms with Crippen LogP contribution < -0.4 is 15.4 Å². The van der Waals surface area contributed by atoms with Gasteiger partial charge < -0.3 is 24.5 Å². The summed E-state index contributed by atoms with van der Waals surface area (Å²) in [6.07, 6.45) is 5.72. The van der Waals surface area contributed by atoms with Crippen LogP contribution in [0.5, 0.6) is 5.88 Å². The van der Waals surface area contributed by atoms with Gasteiger partial charge in [0.2, 0.25) is 11.6 Å². The van der Waals surface area contributed by atoms with E-state index in [9.17, 15) is 0 Å². The second kappa shape index (κ2) is 7.46. The van der Waals surface area contributed by atoms with Crippen LogP contribution >= 0.6 is 0 Å². The van der Waals surface area contributed by atoms with E-state index in [1.807, 2.05) is 24.3 Å². The Morgan fingerprint density at radius 1 is 1.09 bits per heavy atom. The molecular weight excluding hydrogens is 408 g/mol. The van der Waals surface area contributed by atoms with Gasteiger partial charge >= 0.3 is 0 Å². The van der Waals surface area contributed by atoms with Gasteiger partial charge in [0.15, 0.2) is 11.4 Å². The second-order valence-corrected chi connectivity index (χ2v) is 8.88. The highest BCUT2D eigenvalue weighted by molar-refractivity contribution is 5.91. The van der Waals surface area contributed by atoms with Crippen LogP contribution in [0.4, 0.5) is 5.69 Å². The summed E-state index contributed by atoms with van der Waals surface area (Å²) in [4.78, 5) is 11.3. The summed E-state index contributed by atoms with van der Waals surface area (Å²) in [6, 6.07) is 8.02. The van der Waals surface area contributed by atoms with Crippen LogP contribution in [0.25, 0.3) is 28.2 Å². The minimum absolute atomic E-state index is 0.123. The van der Waals surface area contributed by atoms with Crippen LogP contribution in [0.15, 0.2) is 41.1 Å². The lowest BCUT2D eigenvalue weighted by molar-refractivity contribution is -0.00513. The molecule has 1 aliphatic carbocycles. The normalized spacial score (nSPS) is 25.9. The van der Waals surface area contributed by atoms with Crippen molar-refractivity contribution in [1.29, 1.82) is 0 Å². The summed E-state index contributed by atoms with van der Waals surface area (Å²) < 4.78 is 19.8. The highest BCUT2D eigenvalue weighted by Gasteiger charge is 2.28. The van der Waals surface area contributed by atoms with Crippen LogP contribution in [0.2, 0.25) is 0 Å². The molecule has 2 fully saturated rings. The maximum atomic E-state index is 6.15. The maximum absolute atomic E-state index is 6.15. The fourth-order valence-electron chi connectivity index (χ4n) is 4.66. The molecule has 1 aliphatic heterocycles. The first-order valence-electron chi connectivity index (χ1n) is 11.1. The maximum Gasteiger partial charge on any atom is 0.232 e. The zero-order chi connectivity index (χ0) is 21.8. The zero-order valence-corrected chi connectivity index (χ0v) is 18.1. The number of hydrogen-bond donors (Lipinski definition) is 1. The molecule has 0 radical (unpaired) electrons. The molecule has 0 unspecified atom stereocenters. The third-order valence-electron chi connectivity index (χ3n) is 6.18. The van der Waals surface area contributed by atoms with Crippen molar-refractivity contribution in [2.45, 2.75) is 51.0 Å². The van der Waals surface area contributed by atoms with Crippen molar-refractivity contribution in [2.24, 2.45) is 5.73 Å². The van der Waals surface area contributed by atoms with Crippen LogP contribution in [-0.2, 0) is 4.74 Å². The van der Waals surface area contributed by atoms with Gasteiger partial charge in [-0.3, -0.25) is 0 Å². The first-order chi connectivity index (χ1) is 15.5. The van der Waals surface area contributed by atoms with Crippen LogP contribution in [0.3, 0.4) is 0 Å². The third-order valence-corrected chi connectivity index (χ3v) is 6.18. The molecule has 6 rings (SSSR count). The van der Waals surface area contributed by atoms with Gasteiger partial charge in [-0.15, -0.1) is 5.10 Å². The monoisotopic (exact) mass is 434 g/mol. The number of nitrogens with zero attached hydrogens (tertiary/aromatic N) is 5. The first-order valence-corrected chi connectivity index (χ1v) is 11.1. The lowest BCUT2D eigenvalue weighted by Gasteiger charge is -2.37. The van der Waals surface area contributed by atoms with Gasteiger partial charge in [0.25, 0.3) is 0 Å². The lowest BCUT2D eigenvalue weighted by Crippen LogP contribution is -2.45. The van der Waals surface area contributed by atoms with E-state index in [4.69, 9.17) is 19.6 Å². The predicted octanol–water partition coefficient (Wildman–Crippen LogP) is 3.02. The van der Waals surface area contributed by atoms with Crippen molar-refractivity contribution in [2.75, 3.05) is 18.0 Å². The van der Waals surface area contributed by atoms with E-state index in [1.54, 1.807) is 16.9 Å². The molecule has 32 heavy (non-hydrogen) atoms. The number of furan rings is 1. The molecule has 1 saturated heterocycles. The highest BCUT2D eigenvalue weighted by atomic mass is 16.5. The van der Waals surface area contributed by atoms with Gasteiger partial charge in [0.1, 0.15) is 11.8 Å². The second-order valence-electron chi connectivity index (χ2n) is 8.88. The topological polar surface area (TPSA) is 104 Å². The van der Waals surface area contributed by atoms with E-state index in [0.717, 1.165) is 48.3 Å². The Hall–Kier alpha value is -3.17. The van der Waals surface area contributed by atoms with Crippen LogP contribution in [0.1, 0.15) is 26.7 Å². The number of morpholine rings is 1. The predicted molar refractivity (Wildman–Crippen MR) is 120 cm³/mol. The van der Waals surface area contributed by atoms with Gasteiger partial charge in [-0.05, 0) is 44.9 Å². The largest absolute Gasteiger partial charge is 0.473 e. The Bertz CT molecular complexity index is 1270. The lowest BCUT2D eigenvalue weighted by atomic mass is 9.90. The van der Waals surface area contributed by atoms with Crippen LogP contribution in [0, 0.1) is 0 Å². The highest BCUT2D eigenvalue weighted by Crippen LogP contribution is 2.34. The van der Waals surface area contributed by atoms with Crippen LogP contribution in [-0.4, -0.2) is 57.0 Å². The van der Waals surface area contributed by atoms with E-state index in [2.05, 4.69) is 33.8 Å². The number of fused-ring (bicyclic) bond motifs is 2. The number of nitrogens with two attached hydrogens (primary N) is 1. The first kappa shape index (κ1) is 19.5. The summed E-state index contributed by atoms with van der Waals surface area (Å²) in [6.45, 7) is 5.85. The van der Waals surface area contributed by atoms with Gasteiger partial charge in [-0.2, -0.15) is 0 Å².